The molecular weight excluding hydrogens is 336 g/mol. The molecule has 1 amide bonds. The van der Waals surface area contributed by atoms with Gasteiger partial charge < -0.3 is 10.6 Å². The van der Waals surface area contributed by atoms with Crippen LogP contribution in [0.2, 0.25) is 0 Å². The number of rotatable bonds is 7. The Hall–Kier alpha value is -3.21. The molecule has 2 aromatic carbocycles. The molecule has 1 aromatic heterocycles. The number of carbonyl (C=O) groups excluding carboxylic acids is 1. The summed E-state index contributed by atoms with van der Waals surface area (Å²) in [6.07, 6.45) is 3.41. The Kier molecular flexibility index (Phi) is 6.15. The van der Waals surface area contributed by atoms with E-state index in [1.807, 2.05) is 36.4 Å². The maximum atomic E-state index is 12.3. The Morgan fingerprint density at radius 2 is 1.81 bits per heavy atom. The van der Waals surface area contributed by atoms with Gasteiger partial charge in [0.2, 0.25) is 5.95 Å². The van der Waals surface area contributed by atoms with Gasteiger partial charge in [0.15, 0.2) is 0 Å². The van der Waals surface area contributed by atoms with Crippen molar-refractivity contribution >= 4 is 17.5 Å². The zero-order valence-electron chi connectivity index (χ0n) is 15.7. The van der Waals surface area contributed by atoms with E-state index < -0.39 is 0 Å². The van der Waals surface area contributed by atoms with Crippen LogP contribution in [0.4, 0.5) is 11.6 Å². The second-order valence-corrected chi connectivity index (χ2v) is 6.53. The predicted molar refractivity (Wildman–Crippen MR) is 108 cm³/mol. The fourth-order valence-electron chi connectivity index (χ4n) is 2.72. The third-order valence-electron chi connectivity index (χ3n) is 4.42. The number of carbonyl (C=O) groups is 1. The molecule has 0 fully saturated rings. The van der Waals surface area contributed by atoms with Crippen molar-refractivity contribution in [1.29, 1.82) is 0 Å². The molecule has 138 valence electrons. The molecule has 2 N–H and O–H groups in total. The molecule has 27 heavy (non-hydrogen) atoms. The number of aromatic nitrogens is 2. The quantitative estimate of drug-likeness (QED) is 0.620. The van der Waals surface area contributed by atoms with E-state index in [4.69, 9.17) is 0 Å². The normalized spacial score (nSPS) is 10.4. The highest BCUT2D eigenvalue weighted by Crippen LogP contribution is 2.17. The van der Waals surface area contributed by atoms with Crippen molar-refractivity contribution < 1.29 is 4.79 Å². The van der Waals surface area contributed by atoms with Gasteiger partial charge >= 0.3 is 0 Å². The summed E-state index contributed by atoms with van der Waals surface area (Å²) in [5.74, 6) is 0.226. The van der Waals surface area contributed by atoms with Crippen LogP contribution in [0.15, 0.2) is 60.8 Å². The predicted octanol–water partition coefficient (Wildman–Crippen LogP) is 4.20. The van der Waals surface area contributed by atoms with Crippen LogP contribution in [0.3, 0.4) is 0 Å². The van der Waals surface area contributed by atoms with Gasteiger partial charge in [-0.3, -0.25) is 4.79 Å². The Morgan fingerprint density at radius 3 is 2.59 bits per heavy atom. The zero-order chi connectivity index (χ0) is 19.1. The fourth-order valence-corrected chi connectivity index (χ4v) is 2.72. The molecule has 0 aliphatic carbocycles. The molecule has 0 saturated carbocycles. The molecule has 0 atom stereocenters. The van der Waals surface area contributed by atoms with E-state index in [9.17, 15) is 4.79 Å². The standard InChI is InChI=1S/C22H24N4O/c1-16-10-11-19(15-17(16)2)25-22-24-14-12-20(26-22)21(27)23-13-6-9-18-7-4-3-5-8-18/h3-5,7-8,10-12,14-15H,6,9,13H2,1-2H3,(H,23,27)(H,24,25,26). The molecule has 0 saturated heterocycles. The summed E-state index contributed by atoms with van der Waals surface area (Å²) in [7, 11) is 0. The Balaban J connectivity index is 1.54. The monoisotopic (exact) mass is 360 g/mol. The molecular formula is C22H24N4O. The number of benzene rings is 2. The van der Waals surface area contributed by atoms with Gasteiger partial charge in [0.1, 0.15) is 5.69 Å². The van der Waals surface area contributed by atoms with Gasteiger partial charge in [-0.1, -0.05) is 36.4 Å². The number of hydrogen-bond donors (Lipinski definition) is 2. The number of hydrogen-bond acceptors (Lipinski definition) is 4. The van der Waals surface area contributed by atoms with Gasteiger partial charge in [0.25, 0.3) is 5.91 Å². The van der Waals surface area contributed by atoms with Crippen molar-refractivity contribution in [1.82, 2.24) is 15.3 Å². The molecule has 1 heterocycles. The van der Waals surface area contributed by atoms with Crippen LogP contribution in [-0.4, -0.2) is 22.4 Å². The molecule has 0 aliphatic rings. The summed E-state index contributed by atoms with van der Waals surface area (Å²) in [6.45, 7) is 4.73. The molecule has 5 heteroatoms. The third kappa shape index (κ3) is 5.38. The van der Waals surface area contributed by atoms with E-state index >= 15 is 0 Å². The molecule has 0 unspecified atom stereocenters. The number of aryl methyl sites for hydroxylation is 3. The first-order chi connectivity index (χ1) is 13.1. The summed E-state index contributed by atoms with van der Waals surface area (Å²) in [5, 5.41) is 6.07. The highest BCUT2D eigenvalue weighted by molar-refractivity contribution is 5.92. The first kappa shape index (κ1) is 18.6. The third-order valence-corrected chi connectivity index (χ3v) is 4.42. The van der Waals surface area contributed by atoms with Gasteiger partial charge in [-0.15, -0.1) is 0 Å². The van der Waals surface area contributed by atoms with Gasteiger partial charge in [-0.2, -0.15) is 0 Å². The van der Waals surface area contributed by atoms with Crippen molar-refractivity contribution in [2.45, 2.75) is 26.7 Å². The molecule has 0 spiro atoms. The lowest BCUT2D eigenvalue weighted by atomic mass is 10.1. The minimum atomic E-state index is -0.186. The van der Waals surface area contributed by atoms with Crippen molar-refractivity contribution in [3.05, 3.63) is 83.2 Å². The minimum Gasteiger partial charge on any atom is -0.351 e. The number of nitrogens with zero attached hydrogens (tertiary/aromatic N) is 2. The summed E-state index contributed by atoms with van der Waals surface area (Å²) in [5.41, 5.74) is 4.95. The van der Waals surface area contributed by atoms with Gasteiger partial charge in [-0.25, -0.2) is 9.97 Å². The van der Waals surface area contributed by atoms with Crippen LogP contribution in [0.5, 0.6) is 0 Å². The second-order valence-electron chi connectivity index (χ2n) is 6.53. The fraction of sp³-hybridized carbons (Fsp3) is 0.227. The zero-order valence-corrected chi connectivity index (χ0v) is 15.7. The highest BCUT2D eigenvalue weighted by atomic mass is 16.1. The van der Waals surface area contributed by atoms with Crippen LogP contribution in [-0.2, 0) is 6.42 Å². The van der Waals surface area contributed by atoms with Gasteiger partial charge in [-0.05, 0) is 61.6 Å². The lowest BCUT2D eigenvalue weighted by Gasteiger charge is -2.09. The maximum Gasteiger partial charge on any atom is 0.270 e. The first-order valence-electron chi connectivity index (χ1n) is 9.11. The van der Waals surface area contributed by atoms with Crippen molar-refractivity contribution in [2.75, 3.05) is 11.9 Å². The Labute approximate surface area is 159 Å². The van der Waals surface area contributed by atoms with Gasteiger partial charge in [0, 0.05) is 18.4 Å². The largest absolute Gasteiger partial charge is 0.351 e. The number of nitrogens with one attached hydrogen (secondary N) is 2. The van der Waals surface area contributed by atoms with E-state index in [2.05, 4.69) is 46.6 Å². The molecule has 3 aromatic rings. The molecule has 0 bridgehead atoms. The van der Waals surface area contributed by atoms with E-state index in [0.29, 0.717) is 18.2 Å². The van der Waals surface area contributed by atoms with E-state index in [1.165, 1.54) is 16.7 Å². The van der Waals surface area contributed by atoms with E-state index in [-0.39, 0.29) is 5.91 Å². The van der Waals surface area contributed by atoms with Crippen LogP contribution in [0.1, 0.15) is 33.6 Å². The van der Waals surface area contributed by atoms with Crippen molar-refractivity contribution in [2.24, 2.45) is 0 Å². The van der Waals surface area contributed by atoms with Crippen molar-refractivity contribution in [3.8, 4) is 0 Å². The number of amides is 1. The van der Waals surface area contributed by atoms with Crippen LogP contribution in [0, 0.1) is 13.8 Å². The summed E-state index contributed by atoms with van der Waals surface area (Å²) >= 11 is 0. The summed E-state index contributed by atoms with van der Waals surface area (Å²) in [6, 6.07) is 17.9. The SMILES string of the molecule is Cc1ccc(Nc2nccc(C(=O)NCCCc3ccccc3)n2)cc1C. The second kappa shape index (κ2) is 8.94. The van der Waals surface area contributed by atoms with E-state index in [1.54, 1.807) is 12.3 Å². The Morgan fingerprint density at radius 1 is 1.00 bits per heavy atom. The van der Waals surface area contributed by atoms with E-state index in [0.717, 1.165) is 18.5 Å². The number of anilines is 2. The molecule has 3 rings (SSSR count). The van der Waals surface area contributed by atoms with Crippen LogP contribution >= 0.6 is 0 Å². The van der Waals surface area contributed by atoms with Gasteiger partial charge in [0.05, 0.1) is 0 Å². The molecule has 5 nitrogen and oxygen atoms in total. The Bertz CT molecular complexity index is 909. The van der Waals surface area contributed by atoms with Crippen LogP contribution < -0.4 is 10.6 Å². The molecule has 0 radical (unpaired) electrons. The summed E-state index contributed by atoms with van der Waals surface area (Å²) < 4.78 is 0. The molecule has 0 aliphatic heterocycles. The van der Waals surface area contributed by atoms with Crippen molar-refractivity contribution in [3.63, 3.8) is 0 Å². The van der Waals surface area contributed by atoms with Crippen LogP contribution in [0.25, 0.3) is 0 Å². The first-order valence-corrected chi connectivity index (χ1v) is 9.11. The lowest BCUT2D eigenvalue weighted by Crippen LogP contribution is -2.26. The topological polar surface area (TPSA) is 66.9 Å². The smallest absolute Gasteiger partial charge is 0.270 e. The summed E-state index contributed by atoms with van der Waals surface area (Å²) in [4.78, 5) is 20.9. The lowest BCUT2D eigenvalue weighted by molar-refractivity contribution is 0.0948. The average Bonchev–Trinajstić information content (AvgIpc) is 2.69. The average molecular weight is 360 g/mol. The highest BCUT2D eigenvalue weighted by Gasteiger charge is 2.09. The minimum absolute atomic E-state index is 0.186. The maximum absolute atomic E-state index is 12.3.